The second-order valence-electron chi connectivity index (χ2n) is 6.01. The Morgan fingerprint density at radius 2 is 2.10 bits per heavy atom. The molecule has 112 valence electrons. The minimum Gasteiger partial charge on any atom is -0.379 e. The van der Waals surface area contributed by atoms with Gasteiger partial charge in [0.1, 0.15) is 0 Å². The van der Waals surface area contributed by atoms with Crippen LogP contribution in [0.1, 0.15) is 37.0 Å². The first-order chi connectivity index (χ1) is 9.77. The average Bonchev–Trinajstić information content (AvgIpc) is 2.84. The number of hydrogen-bond acceptors (Lipinski definition) is 5. The molecule has 1 heterocycles. The summed E-state index contributed by atoms with van der Waals surface area (Å²) in [6.07, 6.45) is 0. The van der Waals surface area contributed by atoms with Crippen LogP contribution in [-0.4, -0.2) is 9.91 Å². The summed E-state index contributed by atoms with van der Waals surface area (Å²) in [6, 6.07) is 5.04. The molecule has 1 aromatic heterocycles. The lowest BCUT2D eigenvalue weighted by Crippen LogP contribution is -2.11. The number of benzene rings is 1. The Balaban J connectivity index is 2.05. The third-order valence-electron chi connectivity index (χ3n) is 3.06. The number of nitrogens with one attached hydrogen (secondary N) is 1. The minimum absolute atomic E-state index is 0.0624. The molecule has 0 aliphatic carbocycles. The van der Waals surface area contributed by atoms with Crippen LogP contribution in [0.15, 0.2) is 23.6 Å². The molecule has 21 heavy (non-hydrogen) atoms. The predicted molar refractivity (Wildman–Crippen MR) is 86.0 cm³/mol. The van der Waals surface area contributed by atoms with Crippen molar-refractivity contribution in [2.45, 2.75) is 39.7 Å². The summed E-state index contributed by atoms with van der Waals surface area (Å²) in [5, 5.41) is 17.2. The summed E-state index contributed by atoms with van der Waals surface area (Å²) in [4.78, 5) is 15.0. The van der Waals surface area contributed by atoms with Crippen LogP contribution in [0, 0.1) is 17.0 Å². The topological polar surface area (TPSA) is 68.1 Å². The van der Waals surface area contributed by atoms with Crippen molar-refractivity contribution in [2.75, 3.05) is 5.32 Å². The molecule has 0 saturated heterocycles. The van der Waals surface area contributed by atoms with E-state index in [9.17, 15) is 10.1 Å². The minimum atomic E-state index is -0.366. The molecule has 2 rings (SSSR count). The van der Waals surface area contributed by atoms with Gasteiger partial charge in [0.25, 0.3) is 5.69 Å². The van der Waals surface area contributed by atoms with Crippen molar-refractivity contribution in [1.82, 2.24) is 4.98 Å². The highest BCUT2D eigenvalue weighted by molar-refractivity contribution is 7.09. The third-order valence-corrected chi connectivity index (χ3v) is 4.38. The molecule has 1 N–H and O–H groups in total. The fraction of sp³-hybridized carbons (Fsp3) is 0.400. The van der Waals surface area contributed by atoms with Gasteiger partial charge in [-0.1, -0.05) is 20.8 Å². The summed E-state index contributed by atoms with van der Waals surface area (Å²) in [5.41, 5.74) is 2.71. The Bertz CT molecular complexity index is 659. The second kappa shape index (κ2) is 5.81. The highest BCUT2D eigenvalue weighted by atomic mass is 32.1. The Labute approximate surface area is 128 Å². The van der Waals surface area contributed by atoms with Gasteiger partial charge >= 0.3 is 0 Å². The third kappa shape index (κ3) is 3.78. The van der Waals surface area contributed by atoms with E-state index in [2.05, 4.69) is 31.1 Å². The number of nitro benzene ring substituents is 1. The molecular formula is C15H19N3O2S. The lowest BCUT2D eigenvalue weighted by atomic mass is 9.98. The Kier molecular flexibility index (Phi) is 4.27. The Morgan fingerprint density at radius 3 is 2.62 bits per heavy atom. The maximum absolute atomic E-state index is 10.8. The molecule has 0 saturated carbocycles. The standard InChI is InChI=1S/C15H19N3O2S/c1-10-7-11(5-6-13(10)18(19)20)16-8-12-9-21-14(17-12)15(2,3)4/h5-7,9,16H,8H2,1-4H3. The molecule has 5 nitrogen and oxygen atoms in total. The van der Waals surface area contributed by atoms with E-state index in [4.69, 9.17) is 0 Å². The van der Waals surface area contributed by atoms with E-state index < -0.39 is 0 Å². The van der Waals surface area contributed by atoms with Crippen LogP contribution in [0.5, 0.6) is 0 Å². The fourth-order valence-electron chi connectivity index (χ4n) is 1.90. The van der Waals surface area contributed by atoms with Gasteiger partial charge in [-0.25, -0.2) is 4.98 Å². The van der Waals surface area contributed by atoms with Crippen molar-refractivity contribution in [2.24, 2.45) is 0 Å². The number of nitro groups is 1. The first-order valence-corrected chi connectivity index (χ1v) is 7.59. The molecule has 0 unspecified atom stereocenters. The van der Waals surface area contributed by atoms with Crippen LogP contribution in [0.3, 0.4) is 0 Å². The van der Waals surface area contributed by atoms with Gasteiger partial charge in [0.2, 0.25) is 0 Å². The fourth-order valence-corrected chi connectivity index (χ4v) is 2.80. The van der Waals surface area contributed by atoms with Crippen molar-refractivity contribution in [3.8, 4) is 0 Å². The smallest absolute Gasteiger partial charge is 0.272 e. The zero-order chi connectivity index (χ0) is 15.6. The maximum atomic E-state index is 10.8. The van der Waals surface area contributed by atoms with Crippen molar-refractivity contribution in [3.05, 3.63) is 50.0 Å². The Hall–Kier alpha value is -1.95. The molecule has 0 radical (unpaired) electrons. The van der Waals surface area contributed by atoms with E-state index in [-0.39, 0.29) is 16.0 Å². The van der Waals surface area contributed by atoms with Crippen molar-refractivity contribution in [1.29, 1.82) is 0 Å². The molecule has 0 aliphatic rings. The number of aromatic nitrogens is 1. The van der Waals surface area contributed by atoms with Crippen LogP contribution >= 0.6 is 11.3 Å². The SMILES string of the molecule is Cc1cc(NCc2csc(C(C)(C)C)n2)ccc1[N+](=O)[O-]. The summed E-state index contributed by atoms with van der Waals surface area (Å²) in [7, 11) is 0. The van der Waals surface area contributed by atoms with Crippen LogP contribution in [0.2, 0.25) is 0 Å². The maximum Gasteiger partial charge on any atom is 0.272 e. The van der Waals surface area contributed by atoms with Crippen LogP contribution in [0.4, 0.5) is 11.4 Å². The lowest BCUT2D eigenvalue weighted by Gasteiger charge is -2.13. The van der Waals surface area contributed by atoms with E-state index in [1.54, 1.807) is 30.4 Å². The van der Waals surface area contributed by atoms with Gasteiger partial charge < -0.3 is 5.32 Å². The monoisotopic (exact) mass is 305 g/mol. The number of aryl methyl sites for hydroxylation is 1. The molecule has 0 fully saturated rings. The van der Waals surface area contributed by atoms with Crippen LogP contribution in [0.25, 0.3) is 0 Å². The van der Waals surface area contributed by atoms with Gasteiger partial charge in [-0.05, 0) is 19.1 Å². The average molecular weight is 305 g/mol. The zero-order valence-electron chi connectivity index (χ0n) is 12.6. The quantitative estimate of drug-likeness (QED) is 0.676. The summed E-state index contributed by atoms with van der Waals surface area (Å²) in [5.74, 6) is 0. The first-order valence-electron chi connectivity index (χ1n) is 6.71. The first kappa shape index (κ1) is 15.4. The number of anilines is 1. The van der Waals surface area contributed by atoms with Gasteiger partial charge in [-0.2, -0.15) is 0 Å². The molecule has 0 bridgehead atoms. The number of rotatable bonds is 4. The van der Waals surface area contributed by atoms with E-state index in [1.165, 1.54) is 6.07 Å². The van der Waals surface area contributed by atoms with Crippen LogP contribution < -0.4 is 5.32 Å². The molecule has 0 amide bonds. The van der Waals surface area contributed by atoms with Crippen molar-refractivity contribution < 1.29 is 4.92 Å². The van der Waals surface area contributed by atoms with Gasteiger partial charge in [0.05, 0.1) is 22.2 Å². The molecule has 0 aliphatic heterocycles. The van der Waals surface area contributed by atoms with Gasteiger partial charge in [0.15, 0.2) is 0 Å². The number of nitrogens with zero attached hydrogens (tertiary/aromatic N) is 2. The second-order valence-corrected chi connectivity index (χ2v) is 6.86. The van der Waals surface area contributed by atoms with Crippen molar-refractivity contribution >= 4 is 22.7 Å². The summed E-state index contributed by atoms with van der Waals surface area (Å²) < 4.78 is 0. The number of thiazole rings is 1. The van der Waals surface area contributed by atoms with E-state index in [0.717, 1.165) is 16.4 Å². The highest BCUT2D eigenvalue weighted by Crippen LogP contribution is 2.26. The van der Waals surface area contributed by atoms with E-state index in [0.29, 0.717) is 12.1 Å². The number of hydrogen-bond donors (Lipinski definition) is 1. The molecule has 0 atom stereocenters. The van der Waals surface area contributed by atoms with Crippen molar-refractivity contribution in [3.63, 3.8) is 0 Å². The largest absolute Gasteiger partial charge is 0.379 e. The van der Waals surface area contributed by atoms with Gasteiger partial charge in [0, 0.05) is 28.1 Å². The normalized spacial score (nSPS) is 11.4. The van der Waals surface area contributed by atoms with E-state index in [1.807, 2.05) is 5.38 Å². The zero-order valence-corrected chi connectivity index (χ0v) is 13.5. The Morgan fingerprint density at radius 1 is 1.38 bits per heavy atom. The lowest BCUT2D eigenvalue weighted by molar-refractivity contribution is -0.385. The highest BCUT2D eigenvalue weighted by Gasteiger charge is 2.17. The van der Waals surface area contributed by atoms with E-state index >= 15 is 0 Å². The predicted octanol–water partition coefficient (Wildman–Crippen LogP) is 4.27. The summed E-state index contributed by atoms with van der Waals surface area (Å²) >= 11 is 1.66. The van der Waals surface area contributed by atoms with Gasteiger partial charge in [-0.15, -0.1) is 11.3 Å². The molecule has 2 aromatic rings. The van der Waals surface area contributed by atoms with Gasteiger partial charge in [-0.3, -0.25) is 10.1 Å². The molecular weight excluding hydrogens is 286 g/mol. The molecule has 1 aromatic carbocycles. The molecule has 6 heteroatoms. The molecule has 0 spiro atoms. The van der Waals surface area contributed by atoms with Crippen LogP contribution in [-0.2, 0) is 12.0 Å². The summed E-state index contributed by atoms with van der Waals surface area (Å²) in [6.45, 7) is 8.78.